The molecule has 0 unspecified atom stereocenters. The van der Waals surface area contributed by atoms with Crippen LogP contribution in [0, 0.1) is 0 Å². The summed E-state index contributed by atoms with van der Waals surface area (Å²) < 4.78 is 0. The van der Waals surface area contributed by atoms with Gasteiger partial charge in [0.1, 0.15) is 0 Å². The lowest BCUT2D eigenvalue weighted by molar-refractivity contribution is -0.118. The topological polar surface area (TPSA) is 68.0 Å². The molecule has 16 heavy (non-hydrogen) atoms. The molecule has 0 aliphatic rings. The van der Waals surface area contributed by atoms with Crippen LogP contribution >= 0.6 is 11.8 Å². The third-order valence-electron chi connectivity index (χ3n) is 1.76. The molecule has 0 spiro atoms. The summed E-state index contributed by atoms with van der Waals surface area (Å²) in [6.45, 7) is 4.25. The van der Waals surface area contributed by atoms with E-state index in [1.807, 2.05) is 26.0 Å². The molecule has 3 N–H and O–H groups in total. The molecule has 0 atom stereocenters. The van der Waals surface area contributed by atoms with Gasteiger partial charge in [-0.1, -0.05) is 0 Å². The third-order valence-corrected chi connectivity index (χ3v) is 2.77. The number of hydrogen-bond donors (Lipinski definition) is 2. The van der Waals surface area contributed by atoms with E-state index in [2.05, 4.69) is 10.3 Å². The van der Waals surface area contributed by atoms with Gasteiger partial charge in [-0.3, -0.25) is 9.78 Å². The molecule has 0 saturated heterocycles. The van der Waals surface area contributed by atoms with E-state index in [-0.39, 0.29) is 11.4 Å². The number of thioether (sulfide) groups is 1. The minimum atomic E-state index is -0.364. The van der Waals surface area contributed by atoms with Gasteiger partial charge in [0.05, 0.1) is 5.75 Å². The summed E-state index contributed by atoms with van der Waals surface area (Å²) in [4.78, 5) is 16.4. The second kappa shape index (κ2) is 5.86. The molecule has 1 amide bonds. The Labute approximate surface area is 100 Å². The molecule has 0 aromatic carbocycles. The molecule has 1 rings (SSSR count). The van der Waals surface area contributed by atoms with Crippen LogP contribution in [0.25, 0.3) is 0 Å². The number of amides is 1. The zero-order valence-corrected chi connectivity index (χ0v) is 10.4. The molecule has 4 nitrogen and oxygen atoms in total. The first-order chi connectivity index (χ1) is 7.47. The number of nitrogens with two attached hydrogens (primary N) is 1. The second-order valence-electron chi connectivity index (χ2n) is 4.24. The summed E-state index contributed by atoms with van der Waals surface area (Å²) >= 11 is 1.49. The summed E-state index contributed by atoms with van der Waals surface area (Å²) in [5, 5.41) is 2.79. The molecule has 1 heterocycles. The van der Waals surface area contributed by atoms with Crippen LogP contribution in [0.2, 0.25) is 0 Å². The van der Waals surface area contributed by atoms with Gasteiger partial charge in [-0.25, -0.2) is 0 Å². The molecule has 0 aliphatic carbocycles. The van der Waals surface area contributed by atoms with E-state index in [9.17, 15) is 4.79 Å². The van der Waals surface area contributed by atoms with Crippen LogP contribution in [0.4, 0.5) is 0 Å². The average Bonchev–Trinajstić information content (AvgIpc) is 2.24. The highest BCUT2D eigenvalue weighted by Crippen LogP contribution is 2.15. The van der Waals surface area contributed by atoms with Gasteiger partial charge in [-0.05, 0) is 26.0 Å². The normalized spacial score (nSPS) is 11.2. The van der Waals surface area contributed by atoms with Crippen LogP contribution in [0.3, 0.4) is 0 Å². The number of rotatable bonds is 5. The van der Waals surface area contributed by atoms with Gasteiger partial charge in [0.25, 0.3) is 0 Å². The minimum absolute atomic E-state index is 0.000312. The Bertz CT molecular complexity index is 335. The largest absolute Gasteiger partial charge is 0.354 e. The number of pyridine rings is 1. The molecule has 0 aliphatic heterocycles. The SMILES string of the molecule is CC(C)(N)CNC(=O)CSc1ccncc1. The van der Waals surface area contributed by atoms with Crippen molar-refractivity contribution in [2.45, 2.75) is 24.3 Å². The van der Waals surface area contributed by atoms with Crippen molar-refractivity contribution in [1.82, 2.24) is 10.3 Å². The van der Waals surface area contributed by atoms with Crippen LogP contribution < -0.4 is 11.1 Å². The summed E-state index contributed by atoms with van der Waals surface area (Å²) in [5.41, 5.74) is 5.40. The smallest absolute Gasteiger partial charge is 0.230 e. The van der Waals surface area contributed by atoms with Gasteiger partial charge in [0, 0.05) is 29.4 Å². The minimum Gasteiger partial charge on any atom is -0.354 e. The standard InChI is InChI=1S/C11H17N3OS/c1-11(2,12)8-14-10(15)7-16-9-3-5-13-6-4-9/h3-6H,7-8,12H2,1-2H3,(H,14,15). The lowest BCUT2D eigenvalue weighted by Crippen LogP contribution is -2.45. The van der Waals surface area contributed by atoms with Crippen molar-refractivity contribution in [3.8, 4) is 0 Å². The maximum absolute atomic E-state index is 11.5. The van der Waals surface area contributed by atoms with Crippen LogP contribution in [0.15, 0.2) is 29.4 Å². The van der Waals surface area contributed by atoms with E-state index in [4.69, 9.17) is 5.73 Å². The van der Waals surface area contributed by atoms with Gasteiger partial charge in [0.15, 0.2) is 0 Å². The maximum Gasteiger partial charge on any atom is 0.230 e. The van der Waals surface area contributed by atoms with Crippen molar-refractivity contribution < 1.29 is 4.79 Å². The van der Waals surface area contributed by atoms with Crippen molar-refractivity contribution in [2.75, 3.05) is 12.3 Å². The van der Waals surface area contributed by atoms with Gasteiger partial charge >= 0.3 is 0 Å². The molecular weight excluding hydrogens is 222 g/mol. The Morgan fingerprint density at radius 1 is 1.50 bits per heavy atom. The van der Waals surface area contributed by atoms with Crippen molar-refractivity contribution in [1.29, 1.82) is 0 Å². The van der Waals surface area contributed by atoms with Crippen molar-refractivity contribution >= 4 is 17.7 Å². The zero-order chi connectivity index (χ0) is 12.0. The second-order valence-corrected chi connectivity index (χ2v) is 5.29. The molecule has 1 aromatic heterocycles. The fourth-order valence-corrected chi connectivity index (χ4v) is 1.67. The first-order valence-electron chi connectivity index (χ1n) is 5.06. The molecule has 0 radical (unpaired) electrons. The first-order valence-corrected chi connectivity index (χ1v) is 6.04. The Morgan fingerprint density at radius 3 is 2.69 bits per heavy atom. The number of nitrogens with zero attached hydrogens (tertiary/aromatic N) is 1. The number of hydrogen-bond acceptors (Lipinski definition) is 4. The highest BCUT2D eigenvalue weighted by atomic mass is 32.2. The Kier molecular flexibility index (Phi) is 4.76. The van der Waals surface area contributed by atoms with E-state index < -0.39 is 0 Å². The number of aromatic nitrogens is 1. The van der Waals surface area contributed by atoms with E-state index in [0.717, 1.165) is 4.90 Å². The van der Waals surface area contributed by atoms with E-state index >= 15 is 0 Å². The lowest BCUT2D eigenvalue weighted by Gasteiger charge is -2.18. The first kappa shape index (κ1) is 13.0. The maximum atomic E-state index is 11.5. The van der Waals surface area contributed by atoms with Crippen LogP contribution in [0.5, 0.6) is 0 Å². The van der Waals surface area contributed by atoms with Crippen molar-refractivity contribution in [3.05, 3.63) is 24.5 Å². The fourth-order valence-electron chi connectivity index (χ4n) is 0.961. The van der Waals surface area contributed by atoms with Gasteiger partial charge in [-0.15, -0.1) is 11.8 Å². The van der Waals surface area contributed by atoms with E-state index in [0.29, 0.717) is 12.3 Å². The molecule has 0 saturated carbocycles. The van der Waals surface area contributed by atoms with Crippen LogP contribution in [-0.4, -0.2) is 28.7 Å². The van der Waals surface area contributed by atoms with E-state index in [1.54, 1.807) is 12.4 Å². The monoisotopic (exact) mass is 239 g/mol. The summed E-state index contributed by atoms with van der Waals surface area (Å²) in [7, 11) is 0. The Balaban J connectivity index is 2.26. The predicted molar refractivity (Wildman–Crippen MR) is 66.2 cm³/mol. The van der Waals surface area contributed by atoms with E-state index in [1.165, 1.54) is 11.8 Å². The van der Waals surface area contributed by atoms with Crippen molar-refractivity contribution in [2.24, 2.45) is 5.73 Å². The number of nitrogens with one attached hydrogen (secondary N) is 1. The highest BCUT2D eigenvalue weighted by Gasteiger charge is 2.12. The van der Waals surface area contributed by atoms with Crippen LogP contribution in [-0.2, 0) is 4.79 Å². The molecule has 5 heteroatoms. The summed E-state index contributed by atoms with van der Waals surface area (Å²) in [6, 6.07) is 3.76. The lowest BCUT2D eigenvalue weighted by atomic mass is 10.1. The molecular formula is C11H17N3OS. The Hall–Kier alpha value is -1.07. The quantitative estimate of drug-likeness (QED) is 0.753. The van der Waals surface area contributed by atoms with Gasteiger partial charge < -0.3 is 11.1 Å². The Morgan fingerprint density at radius 2 is 2.12 bits per heavy atom. The molecule has 1 aromatic rings. The predicted octanol–water partition coefficient (Wildman–Crippen LogP) is 1.03. The van der Waals surface area contributed by atoms with Gasteiger partial charge in [-0.2, -0.15) is 0 Å². The fraction of sp³-hybridized carbons (Fsp3) is 0.455. The molecule has 0 fully saturated rings. The summed E-state index contributed by atoms with van der Waals surface area (Å²) in [6.07, 6.45) is 3.42. The van der Waals surface area contributed by atoms with Gasteiger partial charge in [0.2, 0.25) is 5.91 Å². The molecule has 0 bridgehead atoms. The molecule has 88 valence electrons. The van der Waals surface area contributed by atoms with Crippen LogP contribution in [0.1, 0.15) is 13.8 Å². The van der Waals surface area contributed by atoms with Crippen molar-refractivity contribution in [3.63, 3.8) is 0 Å². The number of carbonyl (C=O) groups is 1. The number of carbonyl (C=O) groups excluding carboxylic acids is 1. The summed E-state index contributed by atoms with van der Waals surface area (Å²) in [5.74, 6) is 0.403. The third kappa shape index (κ3) is 5.72. The average molecular weight is 239 g/mol. The highest BCUT2D eigenvalue weighted by molar-refractivity contribution is 8.00. The zero-order valence-electron chi connectivity index (χ0n) is 9.56.